The van der Waals surface area contributed by atoms with Crippen LogP contribution in [0.1, 0.15) is 13.8 Å². The van der Waals surface area contributed by atoms with E-state index in [1.807, 2.05) is 6.07 Å². The van der Waals surface area contributed by atoms with Crippen molar-refractivity contribution in [1.29, 1.82) is 0 Å². The number of nitrogens with one attached hydrogen (secondary N) is 1. The Balaban J connectivity index is 2.43. The quantitative estimate of drug-likeness (QED) is 0.755. The van der Waals surface area contributed by atoms with Gasteiger partial charge in [-0.05, 0) is 24.7 Å². The van der Waals surface area contributed by atoms with E-state index in [1.54, 1.807) is 23.9 Å². The summed E-state index contributed by atoms with van der Waals surface area (Å²) in [4.78, 5) is 0.996. The summed E-state index contributed by atoms with van der Waals surface area (Å²) in [6.45, 7) is 6.16. The summed E-state index contributed by atoms with van der Waals surface area (Å²) in [5, 5.41) is 3.74. The van der Waals surface area contributed by atoms with Gasteiger partial charge in [0, 0.05) is 16.7 Å². The number of hydrogen-bond donors (Lipinski definition) is 1. The van der Waals surface area contributed by atoms with Crippen molar-refractivity contribution < 1.29 is 4.39 Å². The number of thioether (sulfide) groups is 1. The lowest BCUT2D eigenvalue weighted by molar-refractivity contribution is 0.624. The van der Waals surface area contributed by atoms with Gasteiger partial charge in [0.1, 0.15) is 5.82 Å². The second-order valence-electron chi connectivity index (χ2n) is 3.19. The lowest BCUT2D eigenvalue weighted by Gasteiger charge is -2.11. The molecule has 0 aliphatic heterocycles. The maximum Gasteiger partial charge on any atom is 0.124 e. The first-order valence-corrected chi connectivity index (χ1v) is 5.73. The van der Waals surface area contributed by atoms with Crippen LogP contribution in [0.5, 0.6) is 0 Å². The van der Waals surface area contributed by atoms with Crippen molar-refractivity contribution in [3.8, 4) is 0 Å². The van der Waals surface area contributed by atoms with E-state index in [4.69, 9.17) is 0 Å². The van der Waals surface area contributed by atoms with Gasteiger partial charge in [-0.15, -0.1) is 11.8 Å². The molecule has 1 nitrogen and oxygen atoms in total. The highest BCUT2D eigenvalue weighted by molar-refractivity contribution is 8.00. The van der Waals surface area contributed by atoms with Crippen LogP contribution in [-0.2, 0) is 0 Å². The van der Waals surface area contributed by atoms with E-state index >= 15 is 0 Å². The summed E-state index contributed by atoms with van der Waals surface area (Å²) in [5.74, 6) is -0.161. The number of rotatable bonds is 5. The van der Waals surface area contributed by atoms with Crippen LogP contribution < -0.4 is 5.32 Å². The minimum Gasteiger partial charge on any atom is -0.316 e. The van der Waals surface area contributed by atoms with Crippen LogP contribution in [0.3, 0.4) is 0 Å². The number of benzene rings is 1. The summed E-state index contributed by atoms with van der Waals surface area (Å²) in [7, 11) is 0. The maximum absolute atomic E-state index is 12.8. The highest BCUT2D eigenvalue weighted by Gasteiger charge is 2.03. The molecular weight excluding hydrogens is 197 g/mol. The molecule has 0 radical (unpaired) electrons. The summed E-state index contributed by atoms with van der Waals surface area (Å²) in [5.41, 5.74) is 0. The van der Waals surface area contributed by atoms with Crippen LogP contribution in [0.15, 0.2) is 29.2 Å². The molecule has 1 N–H and O–H groups in total. The van der Waals surface area contributed by atoms with Crippen molar-refractivity contribution in [2.45, 2.75) is 24.0 Å². The fraction of sp³-hybridized carbons (Fsp3) is 0.455. The molecule has 0 amide bonds. The smallest absolute Gasteiger partial charge is 0.124 e. The van der Waals surface area contributed by atoms with Crippen molar-refractivity contribution >= 4 is 11.8 Å². The summed E-state index contributed by atoms with van der Waals surface area (Å²) in [6.07, 6.45) is 0. The molecule has 0 spiro atoms. The largest absolute Gasteiger partial charge is 0.316 e. The first-order valence-electron chi connectivity index (χ1n) is 4.85. The number of hydrogen-bond acceptors (Lipinski definition) is 2. The van der Waals surface area contributed by atoms with Gasteiger partial charge in [0.15, 0.2) is 0 Å². The highest BCUT2D eigenvalue weighted by atomic mass is 32.2. The molecule has 0 saturated carbocycles. The first kappa shape index (κ1) is 11.5. The highest BCUT2D eigenvalue weighted by Crippen LogP contribution is 2.22. The van der Waals surface area contributed by atoms with E-state index in [-0.39, 0.29) is 5.82 Å². The van der Waals surface area contributed by atoms with Gasteiger partial charge in [0.2, 0.25) is 0 Å². The molecule has 0 bridgehead atoms. The average Bonchev–Trinajstić information content (AvgIpc) is 2.15. The van der Waals surface area contributed by atoms with Gasteiger partial charge >= 0.3 is 0 Å². The predicted octanol–water partition coefficient (Wildman–Crippen LogP) is 2.92. The Morgan fingerprint density at radius 3 is 2.93 bits per heavy atom. The van der Waals surface area contributed by atoms with E-state index in [9.17, 15) is 4.39 Å². The molecule has 1 aromatic rings. The zero-order chi connectivity index (χ0) is 10.4. The standard InChI is InChI=1S/C11H16FNS/c1-3-13-8-9(2)14-11-6-4-5-10(12)7-11/h4-7,9,13H,3,8H2,1-2H3. The third-order valence-corrected chi connectivity index (χ3v) is 2.91. The minimum atomic E-state index is -0.161. The first-order chi connectivity index (χ1) is 6.72. The van der Waals surface area contributed by atoms with Crippen molar-refractivity contribution in [3.63, 3.8) is 0 Å². The van der Waals surface area contributed by atoms with Crippen molar-refractivity contribution in [3.05, 3.63) is 30.1 Å². The fourth-order valence-electron chi connectivity index (χ4n) is 1.16. The van der Waals surface area contributed by atoms with E-state index in [0.29, 0.717) is 5.25 Å². The van der Waals surface area contributed by atoms with Gasteiger partial charge in [-0.1, -0.05) is 19.9 Å². The van der Waals surface area contributed by atoms with Gasteiger partial charge < -0.3 is 5.32 Å². The van der Waals surface area contributed by atoms with Crippen molar-refractivity contribution in [2.75, 3.05) is 13.1 Å². The SMILES string of the molecule is CCNCC(C)Sc1cccc(F)c1. The van der Waals surface area contributed by atoms with Crippen LogP contribution in [0.4, 0.5) is 4.39 Å². The minimum absolute atomic E-state index is 0.161. The van der Waals surface area contributed by atoms with Crippen molar-refractivity contribution in [2.24, 2.45) is 0 Å². The Hall–Kier alpha value is -0.540. The predicted molar refractivity (Wildman–Crippen MR) is 60.3 cm³/mol. The third kappa shape index (κ3) is 4.11. The molecule has 1 rings (SSSR count). The molecule has 1 unspecified atom stereocenters. The van der Waals surface area contributed by atoms with Gasteiger partial charge in [-0.3, -0.25) is 0 Å². The molecule has 1 aromatic carbocycles. The van der Waals surface area contributed by atoms with E-state index in [0.717, 1.165) is 18.0 Å². The summed E-state index contributed by atoms with van der Waals surface area (Å²) in [6, 6.07) is 6.74. The molecule has 78 valence electrons. The molecule has 0 aliphatic rings. The monoisotopic (exact) mass is 213 g/mol. The van der Waals surface area contributed by atoms with Crippen molar-refractivity contribution in [1.82, 2.24) is 5.32 Å². The summed E-state index contributed by atoms with van der Waals surface area (Å²) >= 11 is 1.70. The normalized spacial score (nSPS) is 12.8. The third-order valence-electron chi connectivity index (χ3n) is 1.82. The van der Waals surface area contributed by atoms with Gasteiger partial charge in [0.25, 0.3) is 0 Å². The Morgan fingerprint density at radius 1 is 1.50 bits per heavy atom. The van der Waals surface area contributed by atoms with E-state index in [1.165, 1.54) is 6.07 Å². The van der Waals surface area contributed by atoms with Gasteiger partial charge in [0.05, 0.1) is 0 Å². The van der Waals surface area contributed by atoms with Gasteiger partial charge in [-0.25, -0.2) is 4.39 Å². The maximum atomic E-state index is 12.8. The second-order valence-corrected chi connectivity index (χ2v) is 4.71. The fourth-order valence-corrected chi connectivity index (χ4v) is 2.17. The molecular formula is C11H16FNS. The zero-order valence-electron chi connectivity index (χ0n) is 8.59. The Kier molecular flexibility index (Phi) is 4.98. The topological polar surface area (TPSA) is 12.0 Å². The lowest BCUT2D eigenvalue weighted by Crippen LogP contribution is -2.21. The second kappa shape index (κ2) is 6.04. The Morgan fingerprint density at radius 2 is 2.29 bits per heavy atom. The summed E-state index contributed by atoms with van der Waals surface area (Å²) < 4.78 is 12.8. The lowest BCUT2D eigenvalue weighted by atomic mass is 10.3. The van der Waals surface area contributed by atoms with Crippen LogP contribution in [0.25, 0.3) is 0 Å². The molecule has 0 heterocycles. The van der Waals surface area contributed by atoms with E-state index < -0.39 is 0 Å². The average molecular weight is 213 g/mol. The molecule has 0 aromatic heterocycles. The van der Waals surface area contributed by atoms with Crippen LogP contribution >= 0.6 is 11.8 Å². The molecule has 0 aliphatic carbocycles. The van der Waals surface area contributed by atoms with Crippen LogP contribution in [0.2, 0.25) is 0 Å². The van der Waals surface area contributed by atoms with Crippen LogP contribution in [-0.4, -0.2) is 18.3 Å². The molecule has 0 fully saturated rings. The number of halogens is 1. The molecule has 3 heteroatoms. The molecule has 14 heavy (non-hydrogen) atoms. The molecule has 1 atom stereocenters. The zero-order valence-corrected chi connectivity index (χ0v) is 9.40. The van der Waals surface area contributed by atoms with Gasteiger partial charge in [-0.2, -0.15) is 0 Å². The Labute approximate surface area is 89.1 Å². The Bertz CT molecular complexity index is 278. The van der Waals surface area contributed by atoms with Crippen LogP contribution in [0, 0.1) is 5.82 Å². The van der Waals surface area contributed by atoms with E-state index in [2.05, 4.69) is 19.2 Å². The molecule has 0 saturated heterocycles.